The molecule has 0 saturated heterocycles. The Morgan fingerprint density at radius 3 is 2.57 bits per heavy atom. The monoisotopic (exact) mass is 326 g/mol. The molecule has 0 fully saturated rings. The van der Waals surface area contributed by atoms with E-state index in [0.717, 1.165) is 18.2 Å². The zero-order chi connectivity index (χ0) is 17.2. The molecule has 2 aromatic rings. The summed E-state index contributed by atoms with van der Waals surface area (Å²) in [5.41, 5.74) is 4.21. The number of benzene rings is 1. The zero-order valence-corrected chi connectivity index (χ0v) is 11.9. The predicted octanol–water partition coefficient (Wildman–Crippen LogP) is 1.86. The van der Waals surface area contributed by atoms with E-state index in [9.17, 15) is 22.8 Å². The van der Waals surface area contributed by atoms with Crippen LogP contribution in [0.1, 0.15) is 34.6 Å². The van der Waals surface area contributed by atoms with Crippen molar-refractivity contribution in [3.8, 4) is 0 Å². The molecule has 1 aromatic carbocycles. The summed E-state index contributed by atoms with van der Waals surface area (Å²) in [6.45, 7) is 1.51. The number of halogens is 3. The molecule has 0 spiro atoms. The van der Waals surface area contributed by atoms with Crippen molar-refractivity contribution in [2.75, 3.05) is 5.73 Å². The molecule has 4 N–H and O–H groups in total. The average molecular weight is 326 g/mol. The molecule has 1 heterocycles. The quantitative estimate of drug-likeness (QED) is 0.749. The lowest BCUT2D eigenvalue weighted by molar-refractivity contribution is -0.137. The molecular weight excluding hydrogens is 313 g/mol. The molecule has 2 rings (SSSR count). The third kappa shape index (κ3) is 4.09. The standard InChI is InChI=1S/C14H13F3N4O2/c1-7(19-13(23)11-2-3-12(22)21-20-11)8-4-9(14(15,16)17)6-10(18)5-8/h2-7H,18H2,1H3,(H,19,23)(H,21,22). The van der Waals surface area contributed by atoms with E-state index in [1.165, 1.54) is 19.1 Å². The van der Waals surface area contributed by atoms with Crippen LogP contribution in [-0.2, 0) is 6.18 Å². The summed E-state index contributed by atoms with van der Waals surface area (Å²) in [4.78, 5) is 22.8. The van der Waals surface area contributed by atoms with Gasteiger partial charge in [0.2, 0.25) is 0 Å². The van der Waals surface area contributed by atoms with Crippen molar-refractivity contribution < 1.29 is 18.0 Å². The molecule has 0 saturated carbocycles. The van der Waals surface area contributed by atoms with E-state index in [-0.39, 0.29) is 16.9 Å². The molecule has 9 heteroatoms. The maximum atomic E-state index is 12.8. The summed E-state index contributed by atoms with van der Waals surface area (Å²) in [7, 11) is 0. The number of H-pyrrole nitrogens is 1. The number of rotatable bonds is 3. The van der Waals surface area contributed by atoms with E-state index in [2.05, 4.69) is 15.5 Å². The molecule has 122 valence electrons. The van der Waals surface area contributed by atoms with E-state index in [1.807, 2.05) is 0 Å². The van der Waals surface area contributed by atoms with Crippen molar-refractivity contribution in [2.45, 2.75) is 19.1 Å². The van der Waals surface area contributed by atoms with Gasteiger partial charge in [-0.1, -0.05) is 0 Å². The Balaban J connectivity index is 2.22. The van der Waals surface area contributed by atoms with Gasteiger partial charge in [-0.15, -0.1) is 0 Å². The number of carbonyl (C=O) groups is 1. The second kappa shape index (κ2) is 6.11. The largest absolute Gasteiger partial charge is 0.416 e. The Labute approximate surface area is 128 Å². The highest BCUT2D eigenvalue weighted by molar-refractivity contribution is 5.92. The van der Waals surface area contributed by atoms with Crippen molar-refractivity contribution in [1.82, 2.24) is 15.5 Å². The van der Waals surface area contributed by atoms with Gasteiger partial charge in [0.1, 0.15) is 5.69 Å². The number of anilines is 1. The van der Waals surface area contributed by atoms with E-state index < -0.39 is 29.2 Å². The van der Waals surface area contributed by atoms with Gasteiger partial charge in [0.05, 0.1) is 11.6 Å². The highest BCUT2D eigenvalue weighted by Crippen LogP contribution is 2.32. The lowest BCUT2D eigenvalue weighted by Gasteiger charge is -2.17. The molecule has 0 aliphatic rings. The van der Waals surface area contributed by atoms with Crippen LogP contribution in [0.3, 0.4) is 0 Å². The van der Waals surface area contributed by atoms with Crippen LogP contribution < -0.4 is 16.6 Å². The van der Waals surface area contributed by atoms with Crippen LogP contribution in [0.5, 0.6) is 0 Å². The molecule has 1 atom stereocenters. The van der Waals surface area contributed by atoms with Crippen LogP contribution >= 0.6 is 0 Å². The fraction of sp³-hybridized carbons (Fsp3) is 0.214. The topological polar surface area (TPSA) is 101 Å². The second-order valence-corrected chi connectivity index (χ2v) is 4.89. The maximum absolute atomic E-state index is 12.8. The van der Waals surface area contributed by atoms with Crippen LogP contribution in [0, 0.1) is 0 Å². The first-order valence-corrected chi connectivity index (χ1v) is 6.51. The van der Waals surface area contributed by atoms with Gasteiger partial charge in [0, 0.05) is 11.8 Å². The van der Waals surface area contributed by atoms with Crippen LogP contribution in [0.2, 0.25) is 0 Å². The average Bonchev–Trinajstić information content (AvgIpc) is 2.46. The van der Waals surface area contributed by atoms with Crippen LogP contribution in [0.15, 0.2) is 35.1 Å². The first kappa shape index (κ1) is 16.5. The number of nitrogen functional groups attached to an aromatic ring is 1. The number of nitrogens with two attached hydrogens (primary N) is 1. The van der Waals surface area contributed by atoms with Crippen molar-refractivity contribution in [3.05, 3.63) is 57.5 Å². The first-order valence-electron chi connectivity index (χ1n) is 6.51. The first-order chi connectivity index (χ1) is 10.7. The van der Waals surface area contributed by atoms with E-state index in [1.54, 1.807) is 0 Å². The number of carbonyl (C=O) groups excluding carboxylic acids is 1. The SMILES string of the molecule is CC(NC(=O)c1ccc(=O)[nH]n1)c1cc(N)cc(C(F)(F)F)c1. The molecule has 1 aromatic heterocycles. The lowest BCUT2D eigenvalue weighted by atomic mass is 10.0. The van der Waals surface area contributed by atoms with E-state index in [0.29, 0.717) is 0 Å². The number of aromatic nitrogens is 2. The Hall–Kier alpha value is -2.84. The molecule has 0 bridgehead atoms. The van der Waals surface area contributed by atoms with Crippen molar-refractivity contribution >= 4 is 11.6 Å². The van der Waals surface area contributed by atoms with E-state index in [4.69, 9.17) is 5.73 Å². The normalized spacial score (nSPS) is 12.7. The predicted molar refractivity (Wildman–Crippen MR) is 76.6 cm³/mol. The van der Waals surface area contributed by atoms with E-state index >= 15 is 0 Å². The summed E-state index contributed by atoms with van der Waals surface area (Å²) >= 11 is 0. The van der Waals surface area contributed by atoms with Crippen LogP contribution in [-0.4, -0.2) is 16.1 Å². The van der Waals surface area contributed by atoms with Crippen molar-refractivity contribution in [2.24, 2.45) is 0 Å². The molecule has 0 aliphatic carbocycles. The fourth-order valence-corrected chi connectivity index (χ4v) is 1.92. The number of aromatic amines is 1. The number of hydrogen-bond acceptors (Lipinski definition) is 4. The number of amides is 1. The summed E-state index contributed by atoms with van der Waals surface area (Å²) < 4.78 is 38.4. The molecule has 0 radical (unpaired) electrons. The van der Waals surface area contributed by atoms with Gasteiger partial charge >= 0.3 is 6.18 Å². The molecule has 6 nitrogen and oxygen atoms in total. The third-order valence-electron chi connectivity index (χ3n) is 3.06. The summed E-state index contributed by atoms with van der Waals surface area (Å²) in [5, 5.41) is 8.13. The van der Waals surface area contributed by atoms with Crippen molar-refractivity contribution in [3.63, 3.8) is 0 Å². The minimum absolute atomic E-state index is 0.0573. The molecule has 23 heavy (non-hydrogen) atoms. The summed E-state index contributed by atoms with van der Waals surface area (Å²) in [6, 6.07) is 4.68. The smallest absolute Gasteiger partial charge is 0.399 e. The zero-order valence-electron chi connectivity index (χ0n) is 11.9. The van der Waals surface area contributed by atoms with Gasteiger partial charge in [-0.2, -0.15) is 18.3 Å². The van der Waals surface area contributed by atoms with Gasteiger partial charge in [0.25, 0.3) is 11.5 Å². The van der Waals surface area contributed by atoms with Gasteiger partial charge in [0.15, 0.2) is 0 Å². The van der Waals surface area contributed by atoms with Gasteiger partial charge < -0.3 is 11.1 Å². The Bertz CT molecular complexity index is 766. The maximum Gasteiger partial charge on any atom is 0.416 e. The number of nitrogens with one attached hydrogen (secondary N) is 2. The molecule has 0 aliphatic heterocycles. The number of hydrogen-bond donors (Lipinski definition) is 3. The van der Waals surface area contributed by atoms with Gasteiger partial charge in [-0.3, -0.25) is 9.59 Å². The number of nitrogens with zero attached hydrogens (tertiary/aromatic N) is 1. The van der Waals surface area contributed by atoms with Crippen molar-refractivity contribution in [1.29, 1.82) is 0 Å². The highest BCUT2D eigenvalue weighted by atomic mass is 19.4. The minimum atomic E-state index is -4.53. The van der Waals surface area contributed by atoms with Gasteiger partial charge in [-0.05, 0) is 36.8 Å². The van der Waals surface area contributed by atoms with Gasteiger partial charge in [-0.25, -0.2) is 5.10 Å². The molecule has 1 unspecified atom stereocenters. The third-order valence-corrected chi connectivity index (χ3v) is 3.06. The summed E-state index contributed by atoms with van der Waals surface area (Å²) in [6.07, 6.45) is -4.53. The van der Waals surface area contributed by atoms with Crippen LogP contribution in [0.4, 0.5) is 18.9 Å². The Kier molecular flexibility index (Phi) is 4.39. The Morgan fingerprint density at radius 2 is 2.00 bits per heavy atom. The highest BCUT2D eigenvalue weighted by Gasteiger charge is 2.31. The second-order valence-electron chi connectivity index (χ2n) is 4.89. The molecule has 1 amide bonds. The minimum Gasteiger partial charge on any atom is -0.399 e. The molecular formula is C14H13F3N4O2. The summed E-state index contributed by atoms with van der Waals surface area (Å²) in [5.74, 6) is -0.635. The number of alkyl halides is 3. The lowest BCUT2D eigenvalue weighted by Crippen LogP contribution is -2.28. The van der Waals surface area contributed by atoms with Crippen LogP contribution in [0.25, 0.3) is 0 Å². The fourth-order valence-electron chi connectivity index (χ4n) is 1.92. The Morgan fingerprint density at radius 1 is 1.30 bits per heavy atom.